The summed E-state index contributed by atoms with van der Waals surface area (Å²) in [5, 5.41) is 12.9. The van der Waals surface area contributed by atoms with Gasteiger partial charge in [0.15, 0.2) is 11.0 Å². The Morgan fingerprint density at radius 1 is 0.970 bits per heavy atom. The van der Waals surface area contributed by atoms with Crippen molar-refractivity contribution < 1.29 is 4.74 Å². The highest BCUT2D eigenvalue weighted by atomic mass is 32.2. The van der Waals surface area contributed by atoms with Crippen LogP contribution in [0.25, 0.3) is 27.6 Å². The van der Waals surface area contributed by atoms with Gasteiger partial charge in [-0.2, -0.15) is 0 Å². The van der Waals surface area contributed by atoms with Gasteiger partial charge in [0.2, 0.25) is 0 Å². The van der Waals surface area contributed by atoms with E-state index in [1.54, 1.807) is 42.6 Å². The molecule has 3 aromatic heterocycles. The summed E-state index contributed by atoms with van der Waals surface area (Å²) in [6.07, 6.45) is 3.54. The second-order valence-corrected chi connectivity index (χ2v) is 9.13. The number of hydrogen-bond acceptors (Lipinski definition) is 7. The van der Waals surface area contributed by atoms with Gasteiger partial charge in [-0.25, -0.2) is 4.98 Å². The lowest BCUT2D eigenvalue weighted by Crippen LogP contribution is -2.02. The lowest BCUT2D eigenvalue weighted by molar-refractivity contribution is 0.415. The van der Waals surface area contributed by atoms with Crippen molar-refractivity contribution in [2.75, 3.05) is 7.11 Å². The number of para-hydroxylation sites is 1. The quantitative estimate of drug-likeness (QED) is 0.269. The van der Waals surface area contributed by atoms with Crippen molar-refractivity contribution in [2.45, 2.75) is 17.8 Å². The Bertz CT molecular complexity index is 1380. The third kappa shape index (κ3) is 4.53. The number of methoxy groups -OCH3 is 1. The Balaban J connectivity index is 1.44. The van der Waals surface area contributed by atoms with Crippen LogP contribution in [0.15, 0.2) is 83.6 Å². The zero-order valence-electron chi connectivity index (χ0n) is 18.2. The van der Waals surface area contributed by atoms with Crippen LogP contribution in [0.5, 0.6) is 5.75 Å². The molecule has 6 nitrogen and oxygen atoms in total. The predicted molar refractivity (Wildman–Crippen MR) is 133 cm³/mol. The fourth-order valence-electron chi connectivity index (χ4n) is 3.48. The van der Waals surface area contributed by atoms with Crippen LogP contribution in [0.2, 0.25) is 0 Å². The van der Waals surface area contributed by atoms with Gasteiger partial charge >= 0.3 is 0 Å². The van der Waals surface area contributed by atoms with E-state index >= 15 is 0 Å². The first kappa shape index (κ1) is 21.4. The maximum absolute atomic E-state index is 5.34. The molecule has 0 N–H and O–H groups in total. The van der Waals surface area contributed by atoms with Gasteiger partial charge in [-0.1, -0.05) is 42.1 Å². The minimum atomic E-state index is 0.695. The molecule has 33 heavy (non-hydrogen) atoms. The first-order valence-electron chi connectivity index (χ1n) is 10.4. The van der Waals surface area contributed by atoms with E-state index < -0.39 is 0 Å². The lowest BCUT2D eigenvalue weighted by atomic mass is 10.2. The van der Waals surface area contributed by atoms with Crippen molar-refractivity contribution in [3.05, 3.63) is 89.7 Å². The van der Waals surface area contributed by atoms with Crippen LogP contribution in [0.3, 0.4) is 0 Å². The molecule has 0 unspecified atom stereocenters. The van der Waals surface area contributed by atoms with Crippen LogP contribution in [0.4, 0.5) is 0 Å². The molecule has 8 heteroatoms. The highest BCUT2D eigenvalue weighted by Gasteiger charge is 2.18. The molecule has 3 heterocycles. The second kappa shape index (κ2) is 9.56. The van der Waals surface area contributed by atoms with Gasteiger partial charge in [-0.3, -0.25) is 9.55 Å². The fraction of sp³-hybridized carbons (Fsp3) is 0.120. The molecule has 2 aromatic carbocycles. The number of rotatable bonds is 7. The average molecular weight is 472 g/mol. The summed E-state index contributed by atoms with van der Waals surface area (Å²) in [6, 6.07) is 20.1. The van der Waals surface area contributed by atoms with Gasteiger partial charge in [0.1, 0.15) is 10.8 Å². The topological polar surface area (TPSA) is 65.7 Å². The summed E-state index contributed by atoms with van der Waals surface area (Å²) in [5.74, 6) is 2.32. The number of pyridine rings is 1. The summed E-state index contributed by atoms with van der Waals surface area (Å²) in [4.78, 5) is 8.97. The van der Waals surface area contributed by atoms with Gasteiger partial charge in [0.05, 0.1) is 18.5 Å². The Morgan fingerprint density at radius 3 is 2.64 bits per heavy atom. The van der Waals surface area contributed by atoms with Gasteiger partial charge in [0, 0.05) is 34.7 Å². The number of thiazole rings is 1. The molecule has 0 saturated carbocycles. The van der Waals surface area contributed by atoms with Gasteiger partial charge < -0.3 is 4.74 Å². The van der Waals surface area contributed by atoms with Gasteiger partial charge in [-0.05, 0) is 42.8 Å². The molecular formula is C25H21N5OS2. The molecule has 5 rings (SSSR count). The van der Waals surface area contributed by atoms with Crippen molar-refractivity contribution in [3.63, 3.8) is 0 Å². The molecule has 0 radical (unpaired) electrons. The van der Waals surface area contributed by atoms with Crippen molar-refractivity contribution in [3.8, 4) is 33.4 Å². The Kier molecular flexibility index (Phi) is 6.19. The van der Waals surface area contributed by atoms with Gasteiger partial charge in [-0.15, -0.1) is 21.5 Å². The molecule has 0 aliphatic rings. The number of hydrogen-bond donors (Lipinski definition) is 0. The van der Waals surface area contributed by atoms with Gasteiger partial charge in [0.25, 0.3) is 0 Å². The van der Waals surface area contributed by atoms with Crippen LogP contribution >= 0.6 is 23.1 Å². The minimum absolute atomic E-state index is 0.695. The fourth-order valence-corrected chi connectivity index (χ4v) is 5.24. The third-order valence-corrected chi connectivity index (χ3v) is 7.05. The molecule has 0 aliphatic carbocycles. The zero-order chi connectivity index (χ0) is 22.6. The lowest BCUT2D eigenvalue weighted by Gasteiger charge is -2.12. The number of nitrogens with zero attached hydrogens (tertiary/aromatic N) is 5. The van der Waals surface area contributed by atoms with E-state index in [4.69, 9.17) is 9.72 Å². The summed E-state index contributed by atoms with van der Waals surface area (Å²) >= 11 is 3.26. The highest BCUT2D eigenvalue weighted by Crippen LogP contribution is 2.32. The minimum Gasteiger partial charge on any atom is -0.497 e. The monoisotopic (exact) mass is 471 g/mol. The molecule has 0 amide bonds. The van der Waals surface area contributed by atoms with E-state index in [0.717, 1.165) is 49.8 Å². The molecule has 0 bridgehead atoms. The molecule has 0 aliphatic heterocycles. The van der Waals surface area contributed by atoms with E-state index in [-0.39, 0.29) is 0 Å². The van der Waals surface area contributed by atoms with Crippen LogP contribution in [0.1, 0.15) is 11.3 Å². The smallest absolute Gasteiger partial charge is 0.196 e. The average Bonchev–Trinajstić information content (AvgIpc) is 3.51. The van der Waals surface area contributed by atoms with Crippen LogP contribution < -0.4 is 4.74 Å². The second-order valence-electron chi connectivity index (χ2n) is 7.33. The SMILES string of the molecule is COc1cccc(-c2nc(CSc3nnc(-c4ccncc4)n3-c3ccccc3C)cs2)c1. The number of benzene rings is 2. The van der Waals surface area contributed by atoms with Crippen molar-refractivity contribution >= 4 is 23.1 Å². The Hall–Kier alpha value is -3.49. The maximum Gasteiger partial charge on any atom is 0.196 e. The number of ether oxygens (including phenoxy) is 1. The summed E-state index contributed by atoms with van der Waals surface area (Å²) in [6.45, 7) is 2.10. The first-order chi connectivity index (χ1) is 16.2. The third-order valence-electron chi connectivity index (χ3n) is 5.15. The molecular weight excluding hydrogens is 450 g/mol. The van der Waals surface area contributed by atoms with Crippen molar-refractivity contribution in [2.24, 2.45) is 0 Å². The largest absolute Gasteiger partial charge is 0.497 e. The Morgan fingerprint density at radius 2 is 1.82 bits per heavy atom. The van der Waals surface area contributed by atoms with E-state index in [0.29, 0.717) is 5.75 Å². The standard InChI is InChI=1S/C25H21N5OS2/c1-17-6-3-4-9-22(17)30-23(18-10-12-26-13-11-18)28-29-25(30)33-16-20-15-32-24(27-20)19-7-5-8-21(14-19)31-2/h3-15H,16H2,1-2H3. The van der Waals surface area contributed by atoms with Crippen molar-refractivity contribution in [1.82, 2.24) is 24.7 Å². The number of thioether (sulfide) groups is 1. The van der Waals surface area contributed by atoms with E-state index in [1.807, 2.05) is 48.5 Å². The van der Waals surface area contributed by atoms with E-state index in [1.165, 1.54) is 0 Å². The summed E-state index contributed by atoms with van der Waals surface area (Å²) < 4.78 is 7.46. The molecule has 0 atom stereocenters. The van der Waals surface area contributed by atoms with Crippen LogP contribution in [-0.4, -0.2) is 31.8 Å². The van der Waals surface area contributed by atoms with E-state index in [2.05, 4.69) is 44.2 Å². The first-order valence-corrected chi connectivity index (χ1v) is 12.2. The highest BCUT2D eigenvalue weighted by molar-refractivity contribution is 7.98. The molecule has 0 spiro atoms. The summed E-state index contributed by atoms with van der Waals surface area (Å²) in [5.41, 5.74) is 5.25. The predicted octanol–water partition coefficient (Wildman–Crippen LogP) is 6.06. The molecule has 0 saturated heterocycles. The van der Waals surface area contributed by atoms with Crippen molar-refractivity contribution in [1.29, 1.82) is 0 Å². The molecule has 5 aromatic rings. The van der Waals surface area contributed by atoms with Crippen LogP contribution in [-0.2, 0) is 5.75 Å². The van der Waals surface area contributed by atoms with Crippen LogP contribution in [0, 0.1) is 6.92 Å². The maximum atomic E-state index is 5.34. The number of aryl methyl sites for hydroxylation is 1. The normalized spacial score (nSPS) is 11.0. The molecule has 0 fully saturated rings. The van der Waals surface area contributed by atoms with E-state index in [9.17, 15) is 0 Å². The summed E-state index contributed by atoms with van der Waals surface area (Å²) in [7, 11) is 1.67. The Labute approximate surface area is 200 Å². The zero-order valence-corrected chi connectivity index (χ0v) is 19.8. The molecule has 164 valence electrons. The number of aromatic nitrogens is 5.